The van der Waals surface area contributed by atoms with E-state index >= 15 is 0 Å². The third-order valence-corrected chi connectivity index (χ3v) is 8.35. The van der Waals surface area contributed by atoms with E-state index in [1.807, 2.05) is 37.3 Å². The van der Waals surface area contributed by atoms with E-state index in [1.54, 1.807) is 19.2 Å². The second-order valence-electron chi connectivity index (χ2n) is 8.15. The first-order valence-electron chi connectivity index (χ1n) is 10.7. The van der Waals surface area contributed by atoms with Crippen molar-refractivity contribution in [2.24, 2.45) is 0 Å². The highest BCUT2D eigenvalue weighted by atomic mass is 32.2. The van der Waals surface area contributed by atoms with Gasteiger partial charge >= 0.3 is 0 Å². The molecular formula is C23H31N3O3S. The fraction of sp³-hybridized carbons (Fsp3) is 0.478. The largest absolute Gasteiger partial charge is 0.495 e. The van der Waals surface area contributed by atoms with Crippen LogP contribution in [0.25, 0.3) is 0 Å². The van der Waals surface area contributed by atoms with Gasteiger partial charge < -0.3 is 15.0 Å². The summed E-state index contributed by atoms with van der Waals surface area (Å²) in [6.07, 6.45) is 1.91. The molecule has 162 valence electrons. The van der Waals surface area contributed by atoms with E-state index in [1.165, 1.54) is 0 Å². The van der Waals surface area contributed by atoms with Crippen molar-refractivity contribution in [1.82, 2.24) is 10.2 Å². The Kier molecular flexibility index (Phi) is 6.32. The average Bonchev–Trinajstić information content (AvgIpc) is 3.28. The van der Waals surface area contributed by atoms with Crippen LogP contribution >= 0.6 is 0 Å². The fourth-order valence-corrected chi connectivity index (χ4v) is 6.83. The Bertz CT molecular complexity index is 965. The number of hydrogen-bond acceptors (Lipinski definition) is 6. The van der Waals surface area contributed by atoms with Crippen LogP contribution in [0.3, 0.4) is 0 Å². The zero-order chi connectivity index (χ0) is 21.1. The van der Waals surface area contributed by atoms with Gasteiger partial charge in [-0.25, -0.2) is 8.42 Å². The van der Waals surface area contributed by atoms with Crippen molar-refractivity contribution in [3.05, 3.63) is 54.1 Å². The molecule has 2 aliphatic rings. The molecule has 2 fully saturated rings. The van der Waals surface area contributed by atoms with E-state index in [0.29, 0.717) is 18.0 Å². The van der Waals surface area contributed by atoms with Crippen LogP contribution in [0.5, 0.6) is 5.75 Å². The molecule has 0 aromatic heterocycles. The van der Waals surface area contributed by atoms with Crippen LogP contribution in [-0.4, -0.2) is 64.6 Å². The van der Waals surface area contributed by atoms with Gasteiger partial charge in [-0.3, -0.25) is 4.90 Å². The minimum Gasteiger partial charge on any atom is -0.495 e. The number of nitrogens with one attached hydrogen (secondary N) is 1. The van der Waals surface area contributed by atoms with Gasteiger partial charge in [0, 0.05) is 32.2 Å². The maximum Gasteiger partial charge on any atom is 0.195 e. The lowest BCUT2D eigenvalue weighted by molar-refractivity contribution is 0.204. The van der Waals surface area contributed by atoms with Crippen LogP contribution in [0.4, 0.5) is 5.69 Å². The molecule has 4 rings (SSSR count). The average molecular weight is 430 g/mol. The molecule has 2 heterocycles. The van der Waals surface area contributed by atoms with E-state index in [0.717, 1.165) is 49.5 Å². The van der Waals surface area contributed by atoms with Gasteiger partial charge in [-0.15, -0.1) is 0 Å². The number of rotatable bonds is 6. The summed E-state index contributed by atoms with van der Waals surface area (Å²) in [6.45, 7) is 5.76. The van der Waals surface area contributed by atoms with Crippen molar-refractivity contribution in [1.29, 1.82) is 0 Å². The SMILES string of the molecule is COc1ccccc1N1CCN(C(C2CCCN2)S(=O)(=O)c2cccc(C)c2)CC1. The molecule has 2 atom stereocenters. The van der Waals surface area contributed by atoms with E-state index in [-0.39, 0.29) is 6.04 Å². The first kappa shape index (κ1) is 21.2. The number of ether oxygens (including phenoxy) is 1. The topological polar surface area (TPSA) is 61.9 Å². The van der Waals surface area contributed by atoms with Gasteiger partial charge in [0.1, 0.15) is 11.1 Å². The molecule has 7 heteroatoms. The van der Waals surface area contributed by atoms with Crippen molar-refractivity contribution < 1.29 is 13.2 Å². The third kappa shape index (κ3) is 4.19. The molecule has 2 saturated heterocycles. The molecule has 0 saturated carbocycles. The van der Waals surface area contributed by atoms with Crippen molar-refractivity contribution >= 4 is 15.5 Å². The quantitative estimate of drug-likeness (QED) is 0.762. The summed E-state index contributed by atoms with van der Waals surface area (Å²) in [5.41, 5.74) is 2.03. The molecular weight excluding hydrogens is 398 g/mol. The first-order valence-corrected chi connectivity index (χ1v) is 12.2. The number of piperazine rings is 1. The molecule has 2 aromatic carbocycles. The predicted octanol–water partition coefficient (Wildman–Crippen LogP) is 2.68. The molecule has 0 aliphatic carbocycles. The van der Waals surface area contributed by atoms with Gasteiger partial charge in [-0.2, -0.15) is 0 Å². The summed E-state index contributed by atoms with van der Waals surface area (Å²) in [4.78, 5) is 4.87. The highest BCUT2D eigenvalue weighted by Gasteiger charge is 2.41. The van der Waals surface area contributed by atoms with E-state index in [4.69, 9.17) is 4.74 Å². The van der Waals surface area contributed by atoms with E-state index < -0.39 is 15.2 Å². The number of aryl methyl sites for hydroxylation is 1. The third-order valence-electron chi connectivity index (χ3n) is 6.18. The summed E-state index contributed by atoms with van der Waals surface area (Å²) < 4.78 is 32.9. The summed E-state index contributed by atoms with van der Waals surface area (Å²) in [7, 11) is -1.80. The van der Waals surface area contributed by atoms with Gasteiger partial charge in [-0.05, 0) is 56.1 Å². The van der Waals surface area contributed by atoms with Gasteiger partial charge in [-0.1, -0.05) is 24.3 Å². The lowest BCUT2D eigenvalue weighted by atomic mass is 10.2. The lowest BCUT2D eigenvalue weighted by Gasteiger charge is -2.42. The van der Waals surface area contributed by atoms with Gasteiger partial charge in [0.25, 0.3) is 0 Å². The predicted molar refractivity (Wildman–Crippen MR) is 120 cm³/mol. The zero-order valence-corrected chi connectivity index (χ0v) is 18.6. The van der Waals surface area contributed by atoms with Crippen LogP contribution < -0.4 is 15.0 Å². The molecule has 1 N–H and O–H groups in total. The van der Waals surface area contributed by atoms with Crippen LogP contribution in [-0.2, 0) is 9.84 Å². The Morgan fingerprint density at radius 3 is 2.50 bits per heavy atom. The van der Waals surface area contributed by atoms with Crippen molar-refractivity contribution in [3.8, 4) is 5.75 Å². The number of nitrogens with zero attached hydrogens (tertiary/aromatic N) is 2. The Balaban J connectivity index is 1.57. The summed E-state index contributed by atoms with van der Waals surface area (Å²) in [6, 6.07) is 15.3. The summed E-state index contributed by atoms with van der Waals surface area (Å²) >= 11 is 0. The van der Waals surface area contributed by atoms with Crippen molar-refractivity contribution in [3.63, 3.8) is 0 Å². The standard InChI is InChI=1S/C23H31N3O3S/c1-18-7-5-8-19(17-18)30(27,28)23(20-9-6-12-24-20)26-15-13-25(14-16-26)21-10-3-4-11-22(21)29-2/h3-5,7-8,10-11,17,20,23-24H,6,9,12-16H2,1-2H3. The number of sulfone groups is 1. The fourth-order valence-electron chi connectivity index (χ4n) is 4.66. The molecule has 0 bridgehead atoms. The molecule has 0 spiro atoms. The summed E-state index contributed by atoms with van der Waals surface area (Å²) in [5.74, 6) is 0.854. The maximum absolute atomic E-state index is 13.7. The van der Waals surface area contributed by atoms with Gasteiger partial charge in [0.05, 0.1) is 17.7 Å². The number of anilines is 1. The molecule has 2 aliphatic heterocycles. The van der Waals surface area contributed by atoms with Crippen LogP contribution in [0, 0.1) is 6.92 Å². The Labute approximate surface area is 179 Å². The molecule has 30 heavy (non-hydrogen) atoms. The van der Waals surface area contributed by atoms with Crippen LogP contribution in [0.15, 0.2) is 53.4 Å². The monoisotopic (exact) mass is 429 g/mol. The zero-order valence-electron chi connectivity index (χ0n) is 17.8. The number of benzene rings is 2. The minimum atomic E-state index is -3.48. The van der Waals surface area contributed by atoms with Crippen LogP contribution in [0.2, 0.25) is 0 Å². The van der Waals surface area contributed by atoms with E-state index in [9.17, 15) is 8.42 Å². The number of hydrogen-bond donors (Lipinski definition) is 1. The molecule has 0 amide bonds. The second-order valence-corrected chi connectivity index (χ2v) is 10.2. The van der Waals surface area contributed by atoms with E-state index in [2.05, 4.69) is 21.2 Å². The van der Waals surface area contributed by atoms with Gasteiger partial charge in [0.2, 0.25) is 0 Å². The number of methoxy groups -OCH3 is 1. The van der Waals surface area contributed by atoms with Crippen molar-refractivity contribution in [2.45, 2.75) is 36.1 Å². The Morgan fingerprint density at radius 2 is 1.83 bits per heavy atom. The lowest BCUT2D eigenvalue weighted by Crippen LogP contribution is -2.58. The van der Waals surface area contributed by atoms with Crippen LogP contribution in [0.1, 0.15) is 18.4 Å². The molecule has 2 aromatic rings. The Hall–Kier alpha value is -2.09. The maximum atomic E-state index is 13.7. The first-order chi connectivity index (χ1) is 14.5. The smallest absolute Gasteiger partial charge is 0.195 e. The van der Waals surface area contributed by atoms with Gasteiger partial charge in [0.15, 0.2) is 9.84 Å². The Morgan fingerprint density at radius 1 is 1.07 bits per heavy atom. The molecule has 6 nitrogen and oxygen atoms in total. The number of para-hydroxylation sites is 2. The summed E-state index contributed by atoms with van der Waals surface area (Å²) in [5, 5.41) is 2.91. The second kappa shape index (κ2) is 8.96. The molecule has 0 radical (unpaired) electrons. The highest BCUT2D eigenvalue weighted by Crippen LogP contribution is 2.31. The molecule has 2 unspecified atom stereocenters. The highest BCUT2D eigenvalue weighted by molar-refractivity contribution is 7.92. The van der Waals surface area contributed by atoms with Crippen molar-refractivity contribution in [2.75, 3.05) is 44.7 Å². The normalized spacial score (nSPS) is 21.5. The minimum absolute atomic E-state index is 0.0340.